The van der Waals surface area contributed by atoms with Gasteiger partial charge in [-0.1, -0.05) is 11.6 Å². The second-order valence-electron chi connectivity index (χ2n) is 7.74. The third kappa shape index (κ3) is 3.25. The molecule has 3 aromatic rings. The first-order chi connectivity index (χ1) is 14.3. The number of rotatable bonds is 3. The van der Waals surface area contributed by atoms with Gasteiger partial charge in [-0.2, -0.15) is 0 Å². The van der Waals surface area contributed by atoms with E-state index in [9.17, 15) is 13.2 Å². The van der Waals surface area contributed by atoms with E-state index in [2.05, 4.69) is 20.5 Å². The van der Waals surface area contributed by atoms with Crippen LogP contribution >= 0.6 is 11.6 Å². The molecule has 1 saturated heterocycles. The van der Waals surface area contributed by atoms with E-state index in [1.807, 2.05) is 18.2 Å². The Bertz CT molecular complexity index is 1180. The summed E-state index contributed by atoms with van der Waals surface area (Å²) in [5, 5.41) is -0.164. The molecule has 154 valence electrons. The Kier molecular flexibility index (Phi) is 4.37. The van der Waals surface area contributed by atoms with Crippen molar-refractivity contribution in [3.63, 3.8) is 0 Å². The Labute approximate surface area is 176 Å². The highest BCUT2D eigenvalue weighted by molar-refractivity contribution is 6.32. The molecule has 2 fully saturated rings. The van der Waals surface area contributed by atoms with Crippen molar-refractivity contribution >= 4 is 28.3 Å². The lowest BCUT2D eigenvalue weighted by atomic mass is 10.1. The first kappa shape index (κ1) is 19.1. The van der Waals surface area contributed by atoms with Crippen LogP contribution < -0.4 is 9.64 Å². The number of aromatic nitrogens is 2. The number of nitrogens with zero attached hydrogens (tertiary/aromatic N) is 3. The topological polar surface area (TPSA) is 30.3 Å². The molecule has 1 aromatic heterocycles. The van der Waals surface area contributed by atoms with Crippen LogP contribution in [0.1, 0.15) is 25.1 Å². The summed E-state index contributed by atoms with van der Waals surface area (Å²) >= 11 is 6.06. The van der Waals surface area contributed by atoms with Gasteiger partial charge in [0, 0.05) is 18.3 Å². The molecule has 0 radical (unpaired) electrons. The van der Waals surface area contributed by atoms with Gasteiger partial charge in [0.2, 0.25) is 0 Å². The van der Waals surface area contributed by atoms with E-state index in [1.54, 1.807) is 4.57 Å². The summed E-state index contributed by atoms with van der Waals surface area (Å²) < 4.78 is 43.3. The Hall–Kier alpha value is -2.85. The lowest BCUT2D eigenvalue weighted by molar-refractivity contribution is -0.274. The van der Waals surface area contributed by atoms with E-state index in [4.69, 9.17) is 18.0 Å². The van der Waals surface area contributed by atoms with Crippen LogP contribution in [-0.4, -0.2) is 28.5 Å². The number of imidazole rings is 1. The van der Waals surface area contributed by atoms with Crippen LogP contribution in [0.2, 0.25) is 5.02 Å². The summed E-state index contributed by atoms with van der Waals surface area (Å²) in [5.74, 6) is 3.19. The quantitative estimate of drug-likeness (QED) is 0.509. The number of alkyl halides is 3. The van der Waals surface area contributed by atoms with E-state index in [0.29, 0.717) is 23.1 Å². The Morgan fingerprint density at radius 3 is 2.57 bits per heavy atom. The molecule has 5 rings (SSSR count). The van der Waals surface area contributed by atoms with Crippen molar-refractivity contribution in [1.82, 2.24) is 9.55 Å². The van der Waals surface area contributed by atoms with E-state index in [0.717, 1.165) is 23.7 Å². The SMILES string of the molecule is C#Cc1nc2ccc(N3CC4CCC3C4)cc2n1-c1ccc(OC(F)(F)F)c(Cl)c1. The summed E-state index contributed by atoms with van der Waals surface area (Å²) in [6, 6.07) is 10.6. The van der Waals surface area contributed by atoms with Gasteiger partial charge in [0.15, 0.2) is 5.82 Å². The lowest BCUT2D eigenvalue weighted by Crippen LogP contribution is -2.31. The zero-order chi connectivity index (χ0) is 21.0. The number of terminal acetylenes is 1. The summed E-state index contributed by atoms with van der Waals surface area (Å²) in [7, 11) is 0. The minimum atomic E-state index is -4.82. The first-order valence-electron chi connectivity index (χ1n) is 9.64. The summed E-state index contributed by atoms with van der Waals surface area (Å²) in [4.78, 5) is 6.91. The van der Waals surface area contributed by atoms with Gasteiger partial charge in [-0.05, 0) is 67.5 Å². The average molecular weight is 432 g/mol. The molecule has 2 bridgehead atoms. The lowest BCUT2D eigenvalue weighted by Gasteiger charge is -2.29. The maximum absolute atomic E-state index is 12.6. The number of ether oxygens (including phenoxy) is 1. The smallest absolute Gasteiger partial charge is 0.404 e. The highest BCUT2D eigenvalue weighted by Crippen LogP contribution is 2.41. The van der Waals surface area contributed by atoms with Crippen LogP contribution in [-0.2, 0) is 0 Å². The number of anilines is 1. The van der Waals surface area contributed by atoms with Crippen molar-refractivity contribution in [3.8, 4) is 23.8 Å². The van der Waals surface area contributed by atoms with Crippen molar-refractivity contribution in [3.05, 3.63) is 47.2 Å². The largest absolute Gasteiger partial charge is 0.573 e. The molecule has 2 heterocycles. The van der Waals surface area contributed by atoms with Crippen molar-refractivity contribution < 1.29 is 17.9 Å². The van der Waals surface area contributed by atoms with Gasteiger partial charge in [0.25, 0.3) is 0 Å². The van der Waals surface area contributed by atoms with E-state index in [-0.39, 0.29) is 5.02 Å². The van der Waals surface area contributed by atoms with Crippen molar-refractivity contribution in [1.29, 1.82) is 0 Å². The normalized spacial score (nSPS) is 20.7. The van der Waals surface area contributed by atoms with Gasteiger partial charge >= 0.3 is 6.36 Å². The van der Waals surface area contributed by atoms with E-state index < -0.39 is 12.1 Å². The molecule has 1 aliphatic heterocycles. The standard InChI is InChI=1S/C22H17ClF3N3O/c1-2-21-27-18-7-5-15(28-12-13-3-4-14(28)9-13)11-19(18)29(21)16-6-8-20(17(23)10-16)30-22(24,25)26/h1,5-8,10-11,13-14H,3-4,9,12H2. The van der Waals surface area contributed by atoms with E-state index in [1.165, 1.54) is 37.5 Å². The van der Waals surface area contributed by atoms with Crippen molar-refractivity contribution in [2.75, 3.05) is 11.4 Å². The highest BCUT2D eigenvalue weighted by atomic mass is 35.5. The molecule has 2 aromatic carbocycles. The second kappa shape index (κ2) is 6.85. The Morgan fingerprint density at radius 1 is 1.13 bits per heavy atom. The predicted octanol–water partition coefficient (Wildman–Crippen LogP) is 5.55. The van der Waals surface area contributed by atoms with Gasteiger partial charge in [-0.25, -0.2) is 4.98 Å². The second-order valence-corrected chi connectivity index (χ2v) is 8.14. The molecule has 0 N–H and O–H groups in total. The minimum Gasteiger partial charge on any atom is -0.404 e. The fourth-order valence-electron chi connectivity index (χ4n) is 4.68. The Balaban J connectivity index is 1.59. The van der Waals surface area contributed by atoms with Gasteiger partial charge in [0.1, 0.15) is 5.75 Å². The fourth-order valence-corrected chi connectivity index (χ4v) is 4.89. The number of hydrogen-bond acceptors (Lipinski definition) is 3. The van der Waals surface area contributed by atoms with Crippen LogP contribution in [0.25, 0.3) is 16.7 Å². The van der Waals surface area contributed by atoms with E-state index >= 15 is 0 Å². The molecular formula is C22H17ClF3N3O. The molecule has 2 unspecified atom stereocenters. The van der Waals surface area contributed by atoms with Crippen molar-refractivity contribution in [2.45, 2.75) is 31.7 Å². The third-order valence-corrected chi connectivity index (χ3v) is 6.20. The summed E-state index contributed by atoms with van der Waals surface area (Å²) in [6.07, 6.45) is 4.56. The number of hydrogen-bond donors (Lipinski definition) is 0. The molecule has 4 nitrogen and oxygen atoms in total. The van der Waals surface area contributed by atoms with Crippen LogP contribution in [0.4, 0.5) is 18.9 Å². The summed E-state index contributed by atoms with van der Waals surface area (Å²) in [6.45, 7) is 1.04. The zero-order valence-electron chi connectivity index (χ0n) is 15.8. The molecule has 0 amide bonds. The predicted molar refractivity (Wildman–Crippen MR) is 109 cm³/mol. The van der Waals surface area contributed by atoms with Crippen LogP contribution in [0, 0.1) is 18.3 Å². The molecule has 2 aliphatic rings. The molecule has 1 aliphatic carbocycles. The molecule has 1 saturated carbocycles. The van der Waals surface area contributed by atoms with Crippen LogP contribution in [0.3, 0.4) is 0 Å². The van der Waals surface area contributed by atoms with Gasteiger partial charge in [0.05, 0.1) is 21.7 Å². The number of fused-ring (bicyclic) bond motifs is 3. The Morgan fingerprint density at radius 2 is 1.93 bits per heavy atom. The number of benzene rings is 2. The average Bonchev–Trinajstić information content (AvgIpc) is 3.41. The molecular weight excluding hydrogens is 415 g/mol. The number of piperidine rings is 1. The summed E-state index contributed by atoms with van der Waals surface area (Å²) in [5.41, 5.74) is 3.11. The van der Waals surface area contributed by atoms with Crippen molar-refractivity contribution in [2.24, 2.45) is 5.92 Å². The minimum absolute atomic E-state index is 0.164. The highest BCUT2D eigenvalue weighted by Gasteiger charge is 2.38. The molecule has 2 atom stereocenters. The van der Waals surface area contributed by atoms with Gasteiger partial charge in [-0.3, -0.25) is 4.57 Å². The van der Waals surface area contributed by atoms with Crippen LogP contribution in [0.15, 0.2) is 36.4 Å². The maximum atomic E-state index is 12.6. The molecule has 0 spiro atoms. The molecule has 30 heavy (non-hydrogen) atoms. The fraction of sp³-hybridized carbons (Fsp3) is 0.318. The third-order valence-electron chi connectivity index (χ3n) is 5.91. The van der Waals surface area contributed by atoms with Gasteiger partial charge < -0.3 is 9.64 Å². The van der Waals surface area contributed by atoms with Crippen LogP contribution in [0.5, 0.6) is 5.75 Å². The van der Waals surface area contributed by atoms with Gasteiger partial charge in [-0.15, -0.1) is 19.6 Å². The number of halogens is 4. The first-order valence-corrected chi connectivity index (χ1v) is 10.0. The maximum Gasteiger partial charge on any atom is 0.573 e. The monoisotopic (exact) mass is 431 g/mol. The zero-order valence-corrected chi connectivity index (χ0v) is 16.5. The molecule has 8 heteroatoms.